The summed E-state index contributed by atoms with van der Waals surface area (Å²) in [5, 5.41) is 0. The van der Waals surface area contributed by atoms with Crippen LogP contribution in [-0.2, 0) is 9.53 Å². The molecular formula is C16H22N2O3. The number of carbonyl (C=O) groups is 2. The van der Waals surface area contributed by atoms with Crippen LogP contribution in [0.25, 0.3) is 0 Å². The van der Waals surface area contributed by atoms with Crippen molar-refractivity contribution >= 4 is 17.6 Å². The van der Waals surface area contributed by atoms with Gasteiger partial charge in [-0.2, -0.15) is 0 Å². The molecule has 1 heterocycles. The lowest BCUT2D eigenvalue weighted by atomic mass is 9.97. The minimum atomic E-state index is -0.520. The second-order valence-electron chi connectivity index (χ2n) is 5.63. The van der Waals surface area contributed by atoms with Crippen LogP contribution in [0.2, 0.25) is 0 Å². The Morgan fingerprint density at radius 1 is 1.29 bits per heavy atom. The summed E-state index contributed by atoms with van der Waals surface area (Å²) in [6, 6.07) is 6.94. The molecule has 5 nitrogen and oxygen atoms in total. The summed E-state index contributed by atoms with van der Waals surface area (Å²) in [6.07, 6.45) is 3.13. The van der Waals surface area contributed by atoms with E-state index in [0.29, 0.717) is 11.3 Å². The van der Waals surface area contributed by atoms with Gasteiger partial charge in [-0.3, -0.25) is 4.79 Å². The van der Waals surface area contributed by atoms with Crippen LogP contribution < -0.4 is 5.73 Å². The van der Waals surface area contributed by atoms with E-state index in [0.717, 1.165) is 19.3 Å². The fourth-order valence-corrected chi connectivity index (χ4v) is 2.86. The third kappa shape index (κ3) is 3.74. The Balaban J connectivity index is 1.93. The molecule has 1 aliphatic heterocycles. The second-order valence-corrected chi connectivity index (χ2v) is 5.63. The molecule has 1 aromatic rings. The molecule has 0 bridgehead atoms. The second kappa shape index (κ2) is 6.61. The number of piperidine rings is 1. The number of anilines is 1. The highest BCUT2D eigenvalue weighted by molar-refractivity contribution is 5.92. The van der Waals surface area contributed by atoms with E-state index in [-0.39, 0.29) is 24.6 Å². The van der Waals surface area contributed by atoms with Crippen LogP contribution in [0.15, 0.2) is 24.3 Å². The highest BCUT2D eigenvalue weighted by Crippen LogP contribution is 2.22. The number of ether oxygens (including phenoxy) is 1. The first-order valence-electron chi connectivity index (χ1n) is 7.33. The van der Waals surface area contributed by atoms with Crippen molar-refractivity contribution in [2.45, 2.75) is 45.2 Å². The summed E-state index contributed by atoms with van der Waals surface area (Å²) >= 11 is 0. The minimum absolute atomic E-state index is 0.132. The highest BCUT2D eigenvalue weighted by atomic mass is 16.5. The minimum Gasteiger partial charge on any atom is -0.452 e. The molecule has 2 rings (SSSR count). The predicted octanol–water partition coefficient (Wildman–Crippen LogP) is 2.22. The van der Waals surface area contributed by atoms with Crippen LogP contribution in [0.4, 0.5) is 5.69 Å². The number of hydrogen-bond acceptors (Lipinski definition) is 4. The number of nitrogen functional groups attached to an aromatic ring is 1. The Morgan fingerprint density at radius 2 is 1.95 bits per heavy atom. The lowest BCUT2D eigenvalue weighted by Gasteiger charge is -2.38. The molecule has 5 heteroatoms. The maximum Gasteiger partial charge on any atom is 0.338 e. The summed E-state index contributed by atoms with van der Waals surface area (Å²) in [7, 11) is 0. The van der Waals surface area contributed by atoms with Crippen LogP contribution in [0.1, 0.15) is 43.5 Å². The number of hydrogen-bond donors (Lipinski definition) is 1. The molecule has 0 aromatic heterocycles. The lowest BCUT2D eigenvalue weighted by Crippen LogP contribution is -2.49. The third-order valence-electron chi connectivity index (χ3n) is 3.93. The smallest absolute Gasteiger partial charge is 0.338 e. The number of benzene rings is 1. The van der Waals surface area contributed by atoms with Crippen molar-refractivity contribution in [3.8, 4) is 0 Å². The van der Waals surface area contributed by atoms with Gasteiger partial charge < -0.3 is 15.4 Å². The number of likely N-dealkylation sites (tertiary alicyclic amines) is 1. The van der Waals surface area contributed by atoms with E-state index in [1.165, 1.54) is 0 Å². The quantitative estimate of drug-likeness (QED) is 0.684. The van der Waals surface area contributed by atoms with Gasteiger partial charge in [0.2, 0.25) is 0 Å². The van der Waals surface area contributed by atoms with E-state index in [1.54, 1.807) is 24.3 Å². The Morgan fingerprint density at radius 3 is 2.57 bits per heavy atom. The monoisotopic (exact) mass is 290 g/mol. The fraction of sp³-hybridized carbons (Fsp3) is 0.500. The zero-order valence-electron chi connectivity index (χ0n) is 12.5. The van der Waals surface area contributed by atoms with Gasteiger partial charge in [0, 0.05) is 17.8 Å². The average Bonchev–Trinajstić information content (AvgIpc) is 2.44. The predicted molar refractivity (Wildman–Crippen MR) is 80.8 cm³/mol. The van der Waals surface area contributed by atoms with Crippen molar-refractivity contribution in [1.82, 2.24) is 4.90 Å². The molecule has 0 spiro atoms. The first-order chi connectivity index (χ1) is 9.99. The van der Waals surface area contributed by atoms with E-state index < -0.39 is 5.97 Å². The zero-order valence-corrected chi connectivity index (χ0v) is 12.5. The van der Waals surface area contributed by atoms with Gasteiger partial charge in [-0.15, -0.1) is 0 Å². The summed E-state index contributed by atoms with van der Waals surface area (Å²) < 4.78 is 5.11. The van der Waals surface area contributed by atoms with Gasteiger partial charge in [-0.25, -0.2) is 4.79 Å². The molecule has 1 fully saturated rings. The molecule has 114 valence electrons. The van der Waals surface area contributed by atoms with Crippen molar-refractivity contribution < 1.29 is 14.3 Å². The van der Waals surface area contributed by atoms with Crippen molar-refractivity contribution in [1.29, 1.82) is 0 Å². The van der Waals surface area contributed by atoms with Gasteiger partial charge >= 0.3 is 5.97 Å². The Labute approximate surface area is 125 Å². The number of nitrogens with two attached hydrogens (primary N) is 1. The van der Waals surface area contributed by atoms with Gasteiger partial charge in [0.25, 0.3) is 5.91 Å². The maximum absolute atomic E-state index is 12.2. The SMILES string of the molecule is C[C@@H]1CCC[C@H](C)N1C(=O)COC(=O)c1cccc(N)c1. The summed E-state index contributed by atoms with van der Waals surface area (Å²) in [6.45, 7) is 3.85. The van der Waals surface area contributed by atoms with E-state index in [4.69, 9.17) is 10.5 Å². The van der Waals surface area contributed by atoms with Crippen LogP contribution in [0.5, 0.6) is 0 Å². The van der Waals surface area contributed by atoms with Crippen molar-refractivity contribution in [2.24, 2.45) is 0 Å². The average molecular weight is 290 g/mol. The Hall–Kier alpha value is -2.04. The number of carbonyl (C=O) groups excluding carboxylic acids is 2. The van der Waals surface area contributed by atoms with Crippen LogP contribution in [0.3, 0.4) is 0 Å². The standard InChI is InChI=1S/C16H22N2O3/c1-11-5-3-6-12(2)18(11)15(19)10-21-16(20)13-7-4-8-14(17)9-13/h4,7-9,11-12H,3,5-6,10,17H2,1-2H3/t11-,12+. The summed E-state index contributed by atoms with van der Waals surface area (Å²) in [4.78, 5) is 26.0. The zero-order chi connectivity index (χ0) is 15.4. The van der Waals surface area contributed by atoms with Gasteiger partial charge in [-0.1, -0.05) is 6.07 Å². The van der Waals surface area contributed by atoms with Gasteiger partial charge in [0.15, 0.2) is 6.61 Å². The fourth-order valence-electron chi connectivity index (χ4n) is 2.86. The van der Waals surface area contributed by atoms with Crippen LogP contribution in [-0.4, -0.2) is 35.5 Å². The molecule has 0 unspecified atom stereocenters. The van der Waals surface area contributed by atoms with Gasteiger partial charge in [-0.05, 0) is 51.3 Å². The van der Waals surface area contributed by atoms with Crippen molar-refractivity contribution in [3.05, 3.63) is 29.8 Å². The molecule has 1 amide bonds. The summed E-state index contributed by atoms with van der Waals surface area (Å²) in [5.41, 5.74) is 6.48. The van der Waals surface area contributed by atoms with E-state index in [9.17, 15) is 9.59 Å². The highest BCUT2D eigenvalue weighted by Gasteiger charge is 2.29. The number of amides is 1. The summed E-state index contributed by atoms with van der Waals surface area (Å²) in [5.74, 6) is -0.653. The number of rotatable bonds is 3. The Kier molecular flexibility index (Phi) is 4.83. The normalized spacial score (nSPS) is 21.9. The first kappa shape index (κ1) is 15.4. The molecule has 0 aliphatic carbocycles. The molecule has 2 atom stereocenters. The Bertz CT molecular complexity index is 520. The number of nitrogens with zero attached hydrogens (tertiary/aromatic N) is 1. The lowest BCUT2D eigenvalue weighted by molar-refractivity contribution is -0.140. The van der Waals surface area contributed by atoms with E-state index in [1.807, 2.05) is 18.7 Å². The first-order valence-corrected chi connectivity index (χ1v) is 7.33. The van der Waals surface area contributed by atoms with E-state index in [2.05, 4.69) is 0 Å². The molecule has 21 heavy (non-hydrogen) atoms. The molecule has 1 saturated heterocycles. The van der Waals surface area contributed by atoms with Gasteiger partial charge in [0.1, 0.15) is 0 Å². The largest absolute Gasteiger partial charge is 0.452 e. The topological polar surface area (TPSA) is 72.6 Å². The number of esters is 1. The van der Waals surface area contributed by atoms with Crippen LogP contribution >= 0.6 is 0 Å². The maximum atomic E-state index is 12.2. The molecule has 0 saturated carbocycles. The van der Waals surface area contributed by atoms with Crippen LogP contribution in [0, 0.1) is 0 Å². The molecule has 1 aliphatic rings. The molecule has 0 radical (unpaired) electrons. The van der Waals surface area contributed by atoms with Crippen molar-refractivity contribution in [3.63, 3.8) is 0 Å². The molecule has 2 N–H and O–H groups in total. The van der Waals surface area contributed by atoms with Crippen molar-refractivity contribution in [2.75, 3.05) is 12.3 Å². The molecular weight excluding hydrogens is 268 g/mol. The third-order valence-corrected chi connectivity index (χ3v) is 3.93. The van der Waals surface area contributed by atoms with E-state index >= 15 is 0 Å². The van der Waals surface area contributed by atoms with Gasteiger partial charge in [0.05, 0.1) is 5.56 Å². The molecule has 1 aromatic carbocycles.